The van der Waals surface area contributed by atoms with Crippen molar-refractivity contribution in [3.8, 4) is 0 Å². The van der Waals surface area contributed by atoms with E-state index in [2.05, 4.69) is 101 Å². The Balaban J connectivity index is 0. The van der Waals surface area contributed by atoms with Gasteiger partial charge in [-0.3, -0.25) is 0 Å². The van der Waals surface area contributed by atoms with E-state index in [1.54, 1.807) is 0 Å². The zero-order valence-corrected chi connectivity index (χ0v) is 22.2. The fraction of sp³-hybridized carbons (Fsp3) is 0.231. The maximum Gasteiger partial charge on any atom is 4.00 e. The maximum atomic E-state index is 2.24. The van der Waals surface area contributed by atoms with Crippen molar-refractivity contribution >= 4 is 31.1 Å². The minimum absolute atomic E-state index is 0. The van der Waals surface area contributed by atoms with E-state index in [0.717, 1.165) is 9.52 Å². The van der Waals surface area contributed by atoms with Crippen LogP contribution in [0.3, 0.4) is 0 Å². The molecule has 2 radical (unpaired) electrons. The molecule has 0 aliphatic rings. The van der Waals surface area contributed by atoms with Crippen molar-refractivity contribution in [2.45, 2.75) is 40.8 Å². The van der Waals surface area contributed by atoms with E-state index in [0.29, 0.717) is 0 Å². The van der Waals surface area contributed by atoms with Gasteiger partial charge in [0.1, 0.15) is 0 Å². The van der Waals surface area contributed by atoms with E-state index in [1.807, 2.05) is 0 Å². The second-order valence-corrected chi connectivity index (χ2v) is 7.72. The Kier molecular flexibility index (Phi) is 14.3. The van der Waals surface area contributed by atoms with Crippen LogP contribution in [-0.2, 0) is 26.2 Å². The number of fused-ring (bicyclic) bond motifs is 2. The van der Waals surface area contributed by atoms with Gasteiger partial charge in [-0.25, -0.2) is 0 Å². The van der Waals surface area contributed by atoms with Crippen LogP contribution in [0, 0.1) is 42.5 Å². The smallest absolute Gasteiger partial charge is 0.358 e. The summed E-state index contributed by atoms with van der Waals surface area (Å²) in [4.78, 5) is 0. The SMILES string of the molecule is C[Si]C.Cc1cc2c(C)cccc2[cH-]1.Cc1cc2c(C)cccc2[cH-]1.[CH3-].[CH3-].[Zr+4]. The van der Waals surface area contributed by atoms with Crippen molar-refractivity contribution in [3.05, 3.63) is 97.8 Å². The Morgan fingerprint density at radius 2 is 0.964 bits per heavy atom. The zero-order valence-electron chi connectivity index (χ0n) is 18.8. The van der Waals surface area contributed by atoms with Crippen molar-refractivity contribution < 1.29 is 26.2 Å². The topological polar surface area (TPSA) is 0 Å². The number of rotatable bonds is 0. The molecule has 4 aromatic carbocycles. The summed E-state index contributed by atoms with van der Waals surface area (Å²) in [5.41, 5.74) is 5.45. The predicted octanol–water partition coefficient (Wildman–Crippen LogP) is 8.04. The number of hydrogen-bond acceptors (Lipinski definition) is 0. The van der Waals surface area contributed by atoms with Crippen LogP contribution in [-0.4, -0.2) is 9.52 Å². The second-order valence-electron chi connectivity index (χ2n) is 6.72. The Hall–Kier alpha value is -1.24. The molecule has 0 aromatic heterocycles. The number of hydrogen-bond donors (Lipinski definition) is 0. The molecule has 0 bridgehead atoms. The maximum absolute atomic E-state index is 2.24. The largest absolute Gasteiger partial charge is 4.00 e. The molecule has 146 valence electrons. The third-order valence-electron chi connectivity index (χ3n) is 4.23. The summed E-state index contributed by atoms with van der Waals surface area (Å²) < 4.78 is 0. The second kappa shape index (κ2) is 13.9. The van der Waals surface area contributed by atoms with Gasteiger partial charge in [0, 0.05) is 9.52 Å². The van der Waals surface area contributed by atoms with Crippen LogP contribution in [0.25, 0.3) is 21.5 Å². The van der Waals surface area contributed by atoms with E-state index in [4.69, 9.17) is 0 Å². The van der Waals surface area contributed by atoms with Crippen LogP contribution in [0.1, 0.15) is 22.3 Å². The van der Waals surface area contributed by atoms with E-state index < -0.39 is 0 Å². The van der Waals surface area contributed by atoms with Crippen molar-refractivity contribution in [1.29, 1.82) is 0 Å². The molecule has 0 unspecified atom stereocenters. The molecule has 4 rings (SSSR count). The fourth-order valence-corrected chi connectivity index (χ4v) is 3.08. The van der Waals surface area contributed by atoms with Crippen molar-refractivity contribution in [1.82, 2.24) is 0 Å². The quantitative estimate of drug-likeness (QED) is 0.182. The molecule has 0 atom stereocenters. The molecule has 2 heteroatoms. The van der Waals surface area contributed by atoms with E-state index in [9.17, 15) is 0 Å². The third kappa shape index (κ3) is 7.64. The normalized spacial score (nSPS) is 9.07. The van der Waals surface area contributed by atoms with Gasteiger partial charge in [0.25, 0.3) is 0 Å². The monoisotopic (exact) mass is 464 g/mol. The Bertz CT molecular complexity index is 866. The summed E-state index contributed by atoms with van der Waals surface area (Å²) in [6.07, 6.45) is 0. The van der Waals surface area contributed by atoms with Gasteiger partial charge in [0.2, 0.25) is 0 Å². The Labute approximate surface area is 195 Å². The van der Waals surface area contributed by atoms with Gasteiger partial charge in [-0.1, -0.05) is 50.2 Å². The molecule has 0 aliphatic heterocycles. The zero-order chi connectivity index (χ0) is 18.4. The summed E-state index contributed by atoms with van der Waals surface area (Å²) in [5, 5.41) is 5.51. The van der Waals surface area contributed by atoms with Gasteiger partial charge >= 0.3 is 26.2 Å². The van der Waals surface area contributed by atoms with E-state index in [1.165, 1.54) is 43.8 Å². The summed E-state index contributed by atoms with van der Waals surface area (Å²) in [6.45, 7) is 12.9. The van der Waals surface area contributed by atoms with Gasteiger partial charge in [-0.05, 0) is 13.8 Å². The average Bonchev–Trinajstić information content (AvgIpc) is 3.12. The summed E-state index contributed by atoms with van der Waals surface area (Å²) in [7, 11) is 1.08. The van der Waals surface area contributed by atoms with E-state index in [-0.39, 0.29) is 41.1 Å². The molecule has 0 amide bonds. The van der Waals surface area contributed by atoms with Crippen LogP contribution in [0.4, 0.5) is 0 Å². The van der Waals surface area contributed by atoms with Crippen molar-refractivity contribution in [2.75, 3.05) is 0 Å². The summed E-state index contributed by atoms with van der Waals surface area (Å²) >= 11 is 0. The van der Waals surface area contributed by atoms with Crippen LogP contribution < -0.4 is 0 Å². The first-order chi connectivity index (χ1) is 12.0. The molecule has 0 saturated heterocycles. The molecule has 0 spiro atoms. The Morgan fingerprint density at radius 1 is 0.643 bits per heavy atom. The van der Waals surface area contributed by atoms with Crippen molar-refractivity contribution in [3.63, 3.8) is 0 Å². The van der Waals surface area contributed by atoms with Gasteiger partial charge < -0.3 is 14.9 Å². The minimum atomic E-state index is 0. The van der Waals surface area contributed by atoms with Crippen LogP contribution in [0.2, 0.25) is 13.1 Å². The summed E-state index contributed by atoms with van der Waals surface area (Å²) in [6, 6.07) is 21.8. The molecule has 4 aromatic rings. The molecular formula is C26H34SiZr. The average molecular weight is 466 g/mol. The van der Waals surface area contributed by atoms with Gasteiger partial charge in [-0.15, -0.1) is 69.1 Å². The molecular weight excluding hydrogens is 432 g/mol. The van der Waals surface area contributed by atoms with E-state index >= 15 is 0 Å². The van der Waals surface area contributed by atoms with Gasteiger partial charge in [0.15, 0.2) is 0 Å². The van der Waals surface area contributed by atoms with Crippen molar-refractivity contribution in [2.24, 2.45) is 0 Å². The van der Waals surface area contributed by atoms with Gasteiger partial charge in [0.05, 0.1) is 0 Å². The van der Waals surface area contributed by atoms with Gasteiger partial charge in [-0.2, -0.15) is 12.1 Å². The number of benzene rings is 2. The van der Waals surface area contributed by atoms with Crippen LogP contribution in [0.15, 0.2) is 60.7 Å². The minimum Gasteiger partial charge on any atom is -0.358 e. The molecule has 28 heavy (non-hydrogen) atoms. The molecule has 0 saturated carbocycles. The first kappa shape index (κ1) is 29.0. The first-order valence-electron chi connectivity index (χ1n) is 8.80. The third-order valence-corrected chi connectivity index (χ3v) is 4.23. The molecule has 0 fully saturated rings. The molecule has 0 aliphatic carbocycles. The van der Waals surface area contributed by atoms with Crippen LogP contribution in [0.5, 0.6) is 0 Å². The van der Waals surface area contributed by atoms with Crippen LogP contribution >= 0.6 is 0 Å². The first-order valence-corrected chi connectivity index (χ1v) is 10.8. The predicted molar refractivity (Wildman–Crippen MR) is 128 cm³/mol. The molecule has 0 N–H and O–H groups in total. The number of aryl methyl sites for hydroxylation is 4. The standard InChI is InChI=1S/2C11H11.C2H6Si.2CH3.Zr/c2*1-8-6-10-5-3-4-9(2)11(10)7-8;1-3-2;;;/h2*3-7H,1-2H3;1-2H3;2*1H3;/q2*-1;;2*-1;+4. The molecule has 0 nitrogen and oxygen atoms in total. The molecule has 0 heterocycles. The summed E-state index contributed by atoms with van der Waals surface area (Å²) in [5.74, 6) is 0. The fourth-order valence-electron chi connectivity index (χ4n) is 3.08. The Morgan fingerprint density at radius 3 is 1.25 bits per heavy atom.